The summed E-state index contributed by atoms with van der Waals surface area (Å²) in [6.45, 7) is -4.89. The summed E-state index contributed by atoms with van der Waals surface area (Å²) in [5, 5.41) is 9.68. The van der Waals surface area contributed by atoms with Crippen LogP contribution in [0.15, 0.2) is 24.3 Å². The van der Waals surface area contributed by atoms with E-state index in [9.17, 15) is 154 Å². The fraction of sp³-hybridized carbons (Fsp3) is 0.867. The Bertz CT molecular complexity index is 1570. The molecule has 0 saturated heterocycles. The number of hydrogen-bond donors (Lipinski definition) is 1. The summed E-state index contributed by atoms with van der Waals surface area (Å²) in [6.07, 6.45) is -21.6. The Hall–Kier alpha value is -3.02. The van der Waals surface area contributed by atoms with Gasteiger partial charge in [-0.1, -0.05) is 19.1 Å². The lowest BCUT2D eigenvalue weighted by Gasteiger charge is -2.42. The molecule has 3 nitrogen and oxygen atoms in total. The third-order valence-electron chi connectivity index (χ3n) is 9.21. The Morgan fingerprint density at radius 3 is 0.731 bits per heavy atom. The van der Waals surface area contributed by atoms with Gasteiger partial charge < -0.3 is 14.6 Å². The number of halogens is 34. The van der Waals surface area contributed by atoms with Crippen molar-refractivity contribution >= 4 is 0 Å². The molecule has 1 N–H and O–H groups in total. The van der Waals surface area contributed by atoms with E-state index in [0.29, 0.717) is 0 Å². The number of hydrogen-bond acceptors (Lipinski definition) is 3. The molecule has 0 saturated carbocycles. The highest BCUT2D eigenvalue weighted by molar-refractivity contribution is 5.19. The van der Waals surface area contributed by atoms with Crippen molar-refractivity contribution in [2.75, 3.05) is 33.0 Å². The molecule has 0 atom stereocenters. The van der Waals surface area contributed by atoms with Gasteiger partial charge >= 0.3 is 95.3 Å². The van der Waals surface area contributed by atoms with Crippen LogP contribution < -0.4 is 0 Å². The number of alkyl halides is 34. The largest absolute Gasteiger partial charge is 0.460 e. The summed E-state index contributed by atoms with van der Waals surface area (Å²) in [5.41, 5.74) is -1.63. The molecule has 0 aliphatic rings. The van der Waals surface area contributed by atoms with Gasteiger partial charge in [0.15, 0.2) is 0 Å². The summed E-state index contributed by atoms with van der Waals surface area (Å²) in [4.78, 5) is 0. The molecule has 0 unspecified atom stereocenters. The minimum atomic E-state index is -8.87. The number of aliphatic hydroxyl groups is 1. The third kappa shape index (κ3) is 10.3. The lowest BCUT2D eigenvalue weighted by Crippen LogP contribution is -2.74. The lowest BCUT2D eigenvalue weighted by molar-refractivity contribution is -0.459. The smallest absolute Gasteiger partial charge is 0.396 e. The van der Waals surface area contributed by atoms with Crippen molar-refractivity contribution in [1.82, 2.24) is 0 Å². The molecule has 400 valence electrons. The Morgan fingerprint density at radius 2 is 0.537 bits per heavy atom. The van der Waals surface area contributed by atoms with Gasteiger partial charge in [-0.25, -0.2) is 0 Å². The van der Waals surface area contributed by atoms with E-state index in [-0.39, 0.29) is 6.42 Å². The van der Waals surface area contributed by atoms with Gasteiger partial charge in [0.05, 0.1) is 13.2 Å². The van der Waals surface area contributed by atoms with E-state index in [2.05, 4.69) is 9.47 Å². The van der Waals surface area contributed by atoms with Gasteiger partial charge in [-0.2, -0.15) is 149 Å². The van der Waals surface area contributed by atoms with E-state index in [4.69, 9.17) is 0 Å². The van der Waals surface area contributed by atoms with E-state index in [1.807, 2.05) is 0 Å². The molecule has 0 aromatic rings. The van der Waals surface area contributed by atoms with Crippen LogP contribution in [0.4, 0.5) is 149 Å². The molecule has 0 rings (SSSR count). The van der Waals surface area contributed by atoms with E-state index in [1.165, 1.54) is 6.92 Å². The Labute approximate surface area is 349 Å². The minimum absolute atomic E-state index is 0.305. The fourth-order valence-electron chi connectivity index (χ4n) is 4.58. The molecular weight excluding hydrogens is 1050 g/mol. The second-order valence-electron chi connectivity index (χ2n) is 13.6. The first-order valence-electron chi connectivity index (χ1n) is 16.6. The second kappa shape index (κ2) is 19.0. The second-order valence-corrected chi connectivity index (χ2v) is 13.6. The average Bonchev–Trinajstić information content (AvgIpc) is 3.14. The molecule has 0 amide bonds. The van der Waals surface area contributed by atoms with E-state index < -0.39 is 171 Å². The molecule has 37 heteroatoms. The van der Waals surface area contributed by atoms with Crippen molar-refractivity contribution in [2.45, 2.75) is 121 Å². The van der Waals surface area contributed by atoms with Gasteiger partial charge in [-0.3, -0.25) is 0 Å². The van der Waals surface area contributed by atoms with Crippen LogP contribution in [-0.2, 0) is 9.47 Å². The zero-order valence-electron chi connectivity index (χ0n) is 31.6. The highest BCUT2D eigenvalue weighted by Crippen LogP contribution is 2.66. The molecule has 0 bridgehead atoms. The van der Waals surface area contributed by atoms with Crippen LogP contribution >= 0.6 is 0 Å². The van der Waals surface area contributed by atoms with Crippen LogP contribution in [0.5, 0.6) is 0 Å². The molecular formula is C30H24F34O3. The van der Waals surface area contributed by atoms with Crippen LogP contribution in [0.3, 0.4) is 0 Å². The zero-order chi connectivity index (χ0) is 54.4. The maximum atomic E-state index is 14.0. The molecule has 0 aliphatic carbocycles. The number of ether oxygens (including phenoxy) is 2. The quantitative estimate of drug-likeness (QED) is 0.0533. The van der Waals surface area contributed by atoms with Crippen molar-refractivity contribution < 1.29 is 164 Å². The number of aliphatic hydroxyl groups excluding tert-OH is 1. The fourth-order valence-corrected chi connectivity index (χ4v) is 4.58. The standard InChI is InChI=1S/C30H24F34O3/c1-2-14(13-65,7-11-66-9-3-5-15(31,32)17(35,36)19(39,40)21(43,44)23(47,48)25(51,52)27(55,56)29(59,60)61)8-12-67-10-4-6-16(33,34)18(37,38)20(41,42)22(45,46)24(49,50)26(53,54)28(57,58)30(62,63)64/h3-6,65H,2,7-13H2,1H3. The maximum absolute atomic E-state index is 14.0. The molecule has 0 aromatic heterocycles. The van der Waals surface area contributed by atoms with Crippen LogP contribution in [0, 0.1) is 5.41 Å². The SMILES string of the molecule is CCC(CO)(CCOCC=CC(F)(F)C(F)(F)C(F)(F)C(F)(F)C(F)(F)C(F)(F)C(F)(F)C(F)(F)F)CCOCC=CC(F)(F)C(F)(F)C(F)(F)C(F)(F)C(F)(F)C(F)(F)C(F)(F)C(F)(F)F. The van der Waals surface area contributed by atoms with Crippen molar-refractivity contribution in [3.63, 3.8) is 0 Å². The summed E-state index contributed by atoms with van der Waals surface area (Å²) in [6, 6.07) is 0. The predicted molar refractivity (Wildman–Crippen MR) is 150 cm³/mol. The molecule has 0 aliphatic heterocycles. The Kier molecular flexibility index (Phi) is 18.1. The van der Waals surface area contributed by atoms with Gasteiger partial charge in [0, 0.05) is 19.8 Å². The summed E-state index contributed by atoms with van der Waals surface area (Å²) in [7, 11) is 0. The van der Waals surface area contributed by atoms with Crippen LogP contribution in [0.2, 0.25) is 0 Å². The first kappa shape index (κ1) is 64.0. The van der Waals surface area contributed by atoms with Crippen molar-refractivity contribution in [3.8, 4) is 0 Å². The lowest BCUT2D eigenvalue weighted by atomic mass is 9.80. The summed E-state index contributed by atoms with van der Waals surface area (Å²) in [5.74, 6) is -117. The van der Waals surface area contributed by atoms with Gasteiger partial charge in [-0.05, 0) is 36.8 Å². The number of rotatable bonds is 26. The van der Waals surface area contributed by atoms with Crippen LogP contribution in [-0.4, -0.2) is 133 Å². The molecule has 0 fully saturated rings. The maximum Gasteiger partial charge on any atom is 0.460 e. The minimum Gasteiger partial charge on any atom is -0.396 e. The monoisotopic (exact) mass is 1080 g/mol. The normalized spacial score (nSPS) is 17.3. The predicted octanol–water partition coefficient (Wildman–Crippen LogP) is 13.3. The van der Waals surface area contributed by atoms with Gasteiger partial charge in [0.1, 0.15) is 0 Å². The topological polar surface area (TPSA) is 38.7 Å². The van der Waals surface area contributed by atoms with E-state index in [0.717, 1.165) is 0 Å². The van der Waals surface area contributed by atoms with E-state index >= 15 is 0 Å². The number of allylic oxidation sites excluding steroid dienone is 2. The first-order valence-corrected chi connectivity index (χ1v) is 16.6. The van der Waals surface area contributed by atoms with Crippen molar-refractivity contribution in [3.05, 3.63) is 24.3 Å². The van der Waals surface area contributed by atoms with Gasteiger partial charge in [0.2, 0.25) is 0 Å². The zero-order valence-corrected chi connectivity index (χ0v) is 31.6. The first-order chi connectivity index (χ1) is 29.0. The Balaban J connectivity index is 5.88. The third-order valence-corrected chi connectivity index (χ3v) is 9.21. The highest BCUT2D eigenvalue weighted by atomic mass is 19.4. The Morgan fingerprint density at radius 1 is 0.328 bits per heavy atom. The van der Waals surface area contributed by atoms with Crippen molar-refractivity contribution in [1.29, 1.82) is 0 Å². The molecule has 0 aromatic carbocycles. The molecule has 67 heavy (non-hydrogen) atoms. The molecule has 0 heterocycles. The van der Waals surface area contributed by atoms with E-state index in [1.54, 1.807) is 0 Å². The molecule has 0 spiro atoms. The van der Waals surface area contributed by atoms with Crippen molar-refractivity contribution in [2.24, 2.45) is 5.41 Å². The highest BCUT2D eigenvalue weighted by Gasteiger charge is 2.96. The average molecular weight is 1080 g/mol. The summed E-state index contributed by atoms with van der Waals surface area (Å²) < 4.78 is 463. The molecule has 0 radical (unpaired) electrons. The summed E-state index contributed by atoms with van der Waals surface area (Å²) >= 11 is 0. The van der Waals surface area contributed by atoms with Crippen LogP contribution in [0.1, 0.15) is 26.2 Å². The van der Waals surface area contributed by atoms with Gasteiger partial charge in [0.25, 0.3) is 0 Å². The van der Waals surface area contributed by atoms with Gasteiger partial charge in [-0.15, -0.1) is 0 Å². The van der Waals surface area contributed by atoms with Crippen LogP contribution in [0.25, 0.3) is 0 Å².